The molecule has 4 rings (SSSR count). The molecule has 0 aliphatic rings. The van der Waals surface area contributed by atoms with Crippen LogP contribution >= 0.6 is 0 Å². The zero-order chi connectivity index (χ0) is 21.7. The SMILES string of the molecule is CCc1c(C(C)(C)C)ccc(-c2cc3cccnc3c3ncccc23)c1C(C)(C)C. The van der Waals surface area contributed by atoms with Crippen LogP contribution in [0.25, 0.3) is 32.9 Å². The number of hydrogen-bond donors (Lipinski definition) is 0. The Bertz CT molecular complexity index is 1240. The molecule has 2 heterocycles. The summed E-state index contributed by atoms with van der Waals surface area (Å²) < 4.78 is 0. The van der Waals surface area contributed by atoms with Crippen molar-refractivity contribution in [1.82, 2.24) is 9.97 Å². The van der Waals surface area contributed by atoms with Crippen molar-refractivity contribution in [3.63, 3.8) is 0 Å². The van der Waals surface area contributed by atoms with Gasteiger partial charge in [-0.05, 0) is 63.3 Å². The molecule has 0 bridgehead atoms. The largest absolute Gasteiger partial charge is 0.254 e. The van der Waals surface area contributed by atoms with Gasteiger partial charge in [-0.2, -0.15) is 0 Å². The highest BCUT2D eigenvalue weighted by molar-refractivity contribution is 6.10. The second-order valence-corrected chi connectivity index (χ2v) is 10.3. The molecule has 0 fully saturated rings. The minimum Gasteiger partial charge on any atom is -0.254 e. The summed E-state index contributed by atoms with van der Waals surface area (Å²) in [5, 5.41) is 2.30. The van der Waals surface area contributed by atoms with Crippen LogP contribution in [0.3, 0.4) is 0 Å². The molecular weight excluding hydrogens is 364 g/mol. The van der Waals surface area contributed by atoms with Crippen molar-refractivity contribution >= 4 is 21.8 Å². The Hall–Kier alpha value is -2.74. The third kappa shape index (κ3) is 3.39. The molecule has 0 unspecified atom stereocenters. The van der Waals surface area contributed by atoms with Gasteiger partial charge < -0.3 is 0 Å². The van der Waals surface area contributed by atoms with Crippen molar-refractivity contribution < 1.29 is 0 Å². The predicted molar refractivity (Wildman–Crippen MR) is 129 cm³/mol. The van der Waals surface area contributed by atoms with Gasteiger partial charge >= 0.3 is 0 Å². The van der Waals surface area contributed by atoms with E-state index in [2.05, 4.69) is 83.8 Å². The van der Waals surface area contributed by atoms with E-state index in [0.717, 1.165) is 22.8 Å². The van der Waals surface area contributed by atoms with E-state index in [-0.39, 0.29) is 10.8 Å². The van der Waals surface area contributed by atoms with E-state index in [9.17, 15) is 0 Å². The lowest BCUT2D eigenvalue weighted by Crippen LogP contribution is -2.22. The summed E-state index contributed by atoms with van der Waals surface area (Å²) in [5.74, 6) is 0. The van der Waals surface area contributed by atoms with Gasteiger partial charge in [-0.3, -0.25) is 9.97 Å². The minimum absolute atomic E-state index is 0.0281. The summed E-state index contributed by atoms with van der Waals surface area (Å²) in [6, 6.07) is 15.3. The standard InChI is InChI=1S/C28H32N2/c1-8-19-23(27(2,3)4)14-13-20(24(19)28(5,6)7)22-17-18-11-9-15-29-25(18)26-21(22)12-10-16-30-26/h9-17H,8H2,1-7H3. The summed E-state index contributed by atoms with van der Waals surface area (Å²) >= 11 is 0. The third-order valence-electron chi connectivity index (χ3n) is 5.98. The molecule has 0 saturated carbocycles. The fraction of sp³-hybridized carbons (Fsp3) is 0.357. The number of fused-ring (bicyclic) bond motifs is 3. The molecule has 4 aromatic rings. The van der Waals surface area contributed by atoms with E-state index in [1.54, 1.807) is 0 Å². The molecule has 0 radical (unpaired) electrons. The molecule has 0 aliphatic heterocycles. The molecule has 2 heteroatoms. The predicted octanol–water partition coefficient (Wildman–Crippen LogP) is 7.61. The Morgan fingerprint density at radius 2 is 1.40 bits per heavy atom. The maximum Gasteiger partial charge on any atom is 0.0970 e. The fourth-order valence-corrected chi connectivity index (χ4v) is 4.80. The van der Waals surface area contributed by atoms with Crippen LogP contribution in [0.1, 0.15) is 65.2 Å². The van der Waals surface area contributed by atoms with Gasteiger partial charge in [0.15, 0.2) is 0 Å². The Balaban J connectivity index is 2.17. The van der Waals surface area contributed by atoms with Crippen molar-refractivity contribution in [2.24, 2.45) is 0 Å². The summed E-state index contributed by atoms with van der Waals surface area (Å²) in [7, 11) is 0. The topological polar surface area (TPSA) is 25.8 Å². The van der Waals surface area contributed by atoms with E-state index in [1.807, 2.05) is 24.5 Å². The number of nitrogens with zero attached hydrogens (tertiary/aromatic N) is 2. The maximum atomic E-state index is 4.72. The Labute approximate surface area is 180 Å². The monoisotopic (exact) mass is 396 g/mol. The molecule has 154 valence electrons. The molecule has 0 saturated heterocycles. The van der Waals surface area contributed by atoms with E-state index in [0.29, 0.717) is 0 Å². The second-order valence-electron chi connectivity index (χ2n) is 10.3. The molecule has 0 aliphatic carbocycles. The third-order valence-corrected chi connectivity index (χ3v) is 5.98. The molecule has 30 heavy (non-hydrogen) atoms. The van der Waals surface area contributed by atoms with Gasteiger partial charge in [-0.1, -0.05) is 72.7 Å². The van der Waals surface area contributed by atoms with Crippen LogP contribution in [0, 0.1) is 0 Å². The lowest BCUT2D eigenvalue weighted by molar-refractivity contribution is 0.557. The van der Waals surface area contributed by atoms with Gasteiger partial charge in [0.1, 0.15) is 0 Å². The van der Waals surface area contributed by atoms with Gasteiger partial charge in [-0.25, -0.2) is 0 Å². The van der Waals surface area contributed by atoms with Crippen molar-refractivity contribution in [1.29, 1.82) is 0 Å². The highest BCUT2D eigenvalue weighted by Crippen LogP contribution is 2.43. The van der Waals surface area contributed by atoms with Gasteiger partial charge in [0.25, 0.3) is 0 Å². The fourth-order valence-electron chi connectivity index (χ4n) is 4.80. The van der Waals surface area contributed by atoms with Crippen molar-refractivity contribution in [3.05, 3.63) is 71.5 Å². The van der Waals surface area contributed by atoms with Crippen molar-refractivity contribution in [2.45, 2.75) is 65.7 Å². The first-order valence-electron chi connectivity index (χ1n) is 10.9. The summed E-state index contributed by atoms with van der Waals surface area (Å²) in [6.07, 6.45) is 4.74. The van der Waals surface area contributed by atoms with Crippen LogP contribution in [0.5, 0.6) is 0 Å². The van der Waals surface area contributed by atoms with Gasteiger partial charge in [0.05, 0.1) is 11.0 Å². The normalized spacial score (nSPS) is 12.6. The lowest BCUT2D eigenvalue weighted by atomic mass is 9.72. The maximum absolute atomic E-state index is 4.72. The number of benzene rings is 2. The van der Waals surface area contributed by atoms with Crippen molar-refractivity contribution in [3.8, 4) is 11.1 Å². The molecule has 0 N–H and O–H groups in total. The summed E-state index contributed by atoms with van der Waals surface area (Å²) in [4.78, 5) is 9.36. The molecule has 0 spiro atoms. The van der Waals surface area contributed by atoms with E-state index in [4.69, 9.17) is 4.98 Å². The molecule has 0 atom stereocenters. The van der Waals surface area contributed by atoms with Crippen LogP contribution in [0.15, 0.2) is 54.9 Å². The van der Waals surface area contributed by atoms with Gasteiger partial charge in [0.2, 0.25) is 0 Å². The first kappa shape index (κ1) is 20.5. The number of pyridine rings is 2. The molecule has 0 amide bonds. The molecule has 2 aromatic heterocycles. The van der Waals surface area contributed by atoms with Gasteiger partial charge in [-0.15, -0.1) is 0 Å². The Morgan fingerprint density at radius 3 is 2.03 bits per heavy atom. The quantitative estimate of drug-likeness (QED) is 0.326. The Morgan fingerprint density at radius 1 is 0.733 bits per heavy atom. The summed E-state index contributed by atoms with van der Waals surface area (Å²) in [6.45, 7) is 16.2. The van der Waals surface area contributed by atoms with Gasteiger partial charge in [0, 0.05) is 23.2 Å². The van der Waals surface area contributed by atoms with Crippen LogP contribution < -0.4 is 0 Å². The highest BCUT2D eigenvalue weighted by atomic mass is 14.7. The second kappa shape index (κ2) is 7.19. The highest BCUT2D eigenvalue weighted by Gasteiger charge is 2.28. The number of hydrogen-bond acceptors (Lipinski definition) is 2. The minimum atomic E-state index is 0.0281. The van der Waals surface area contributed by atoms with Crippen LogP contribution in [-0.2, 0) is 17.3 Å². The summed E-state index contributed by atoms with van der Waals surface area (Å²) in [5.41, 5.74) is 9.03. The average Bonchev–Trinajstić information content (AvgIpc) is 2.70. The van der Waals surface area contributed by atoms with Crippen LogP contribution in [0.2, 0.25) is 0 Å². The van der Waals surface area contributed by atoms with E-state index < -0.39 is 0 Å². The smallest absolute Gasteiger partial charge is 0.0970 e. The first-order valence-corrected chi connectivity index (χ1v) is 10.9. The van der Waals surface area contributed by atoms with Crippen LogP contribution in [-0.4, -0.2) is 9.97 Å². The lowest BCUT2D eigenvalue weighted by Gasteiger charge is -2.32. The number of aromatic nitrogens is 2. The molecule has 2 aromatic carbocycles. The molecule has 2 nitrogen and oxygen atoms in total. The van der Waals surface area contributed by atoms with Crippen molar-refractivity contribution in [2.75, 3.05) is 0 Å². The average molecular weight is 397 g/mol. The first-order chi connectivity index (χ1) is 14.1. The zero-order valence-corrected chi connectivity index (χ0v) is 19.3. The number of rotatable bonds is 2. The molecular formula is C28H32N2. The van der Waals surface area contributed by atoms with E-state index in [1.165, 1.54) is 33.2 Å². The zero-order valence-electron chi connectivity index (χ0n) is 19.3. The van der Waals surface area contributed by atoms with Crippen LogP contribution in [0.4, 0.5) is 0 Å². The van der Waals surface area contributed by atoms with E-state index >= 15 is 0 Å². The Kier molecular flexibility index (Phi) is 4.92.